The molecule has 1 amide bonds. The molecule has 152 valence electrons. The third-order valence-corrected chi connectivity index (χ3v) is 5.20. The van der Waals surface area contributed by atoms with Crippen molar-refractivity contribution in [3.63, 3.8) is 0 Å². The molecule has 30 heavy (non-hydrogen) atoms. The van der Waals surface area contributed by atoms with Crippen molar-refractivity contribution in [2.45, 2.75) is 32.9 Å². The van der Waals surface area contributed by atoms with Gasteiger partial charge in [-0.1, -0.05) is 48.3 Å². The molecule has 0 spiro atoms. The molecule has 3 aromatic heterocycles. The molecular weight excluding hydrogens is 378 g/mol. The van der Waals surface area contributed by atoms with Crippen LogP contribution in [-0.4, -0.2) is 15.3 Å². The van der Waals surface area contributed by atoms with Crippen molar-refractivity contribution < 1.29 is 9.36 Å². The number of nitrogens with one attached hydrogen (secondary N) is 1. The second-order valence-corrected chi connectivity index (χ2v) is 7.28. The predicted octanol–water partition coefficient (Wildman–Crippen LogP) is 2.62. The molecule has 0 saturated carbocycles. The lowest BCUT2D eigenvalue weighted by Crippen LogP contribution is -2.43. The fourth-order valence-electron chi connectivity index (χ4n) is 3.63. The minimum atomic E-state index is -0.326. The number of nitrogen functional groups attached to an aromatic ring is 1. The highest BCUT2D eigenvalue weighted by atomic mass is 16.2. The number of benzene rings is 1. The third kappa shape index (κ3) is 3.39. The summed E-state index contributed by atoms with van der Waals surface area (Å²) in [6.45, 7) is 4.47. The van der Waals surface area contributed by atoms with Crippen molar-refractivity contribution in [3.8, 4) is 0 Å². The largest absolute Gasteiger partial charge is 0.345 e. The van der Waals surface area contributed by atoms with Gasteiger partial charge in [-0.3, -0.25) is 14.0 Å². The van der Waals surface area contributed by atoms with Gasteiger partial charge in [-0.15, -0.1) is 0 Å². The first-order valence-electron chi connectivity index (χ1n) is 10.0. The Morgan fingerprint density at radius 2 is 1.93 bits per heavy atom. The number of anilines is 1. The van der Waals surface area contributed by atoms with Gasteiger partial charge < -0.3 is 11.1 Å². The van der Waals surface area contributed by atoms with Crippen molar-refractivity contribution in [1.82, 2.24) is 14.7 Å². The minimum Gasteiger partial charge on any atom is -0.345 e. The van der Waals surface area contributed by atoms with Crippen molar-refractivity contribution in [2.75, 3.05) is 5.73 Å². The summed E-state index contributed by atoms with van der Waals surface area (Å²) in [6.07, 6.45) is 2.45. The molecule has 1 atom stereocenters. The number of amides is 1. The van der Waals surface area contributed by atoms with Crippen LogP contribution in [0.1, 0.15) is 42.2 Å². The van der Waals surface area contributed by atoms with Crippen molar-refractivity contribution in [2.24, 2.45) is 0 Å². The third-order valence-electron chi connectivity index (χ3n) is 5.20. The predicted molar refractivity (Wildman–Crippen MR) is 116 cm³/mol. The fourth-order valence-corrected chi connectivity index (χ4v) is 3.63. The Bertz CT molecular complexity index is 1300. The summed E-state index contributed by atoms with van der Waals surface area (Å²) in [7, 11) is 0. The van der Waals surface area contributed by atoms with Gasteiger partial charge in [-0.2, -0.15) is 0 Å². The Morgan fingerprint density at radius 3 is 2.67 bits per heavy atom. The average molecular weight is 402 g/mol. The van der Waals surface area contributed by atoms with Crippen molar-refractivity contribution >= 4 is 28.4 Å². The number of nitrogens with two attached hydrogens (primary N) is 1. The maximum Gasteiger partial charge on any atom is 0.278 e. The quantitative estimate of drug-likeness (QED) is 0.396. The Kier molecular flexibility index (Phi) is 5.18. The first kappa shape index (κ1) is 19.6. The molecule has 0 aliphatic rings. The summed E-state index contributed by atoms with van der Waals surface area (Å²) >= 11 is 0. The lowest BCUT2D eigenvalue weighted by molar-refractivity contribution is -0.658. The summed E-state index contributed by atoms with van der Waals surface area (Å²) < 4.78 is 3.23. The number of rotatable bonds is 5. The van der Waals surface area contributed by atoms with E-state index in [2.05, 4.69) is 10.3 Å². The molecule has 0 fully saturated rings. The molecule has 4 rings (SSSR count). The SMILES string of the molecule is CCC[n+]1c(N)c(C(=O)N[C@H](C)c2ccccc2)cc2c(=O)n3ccccc3nc21. The van der Waals surface area contributed by atoms with E-state index >= 15 is 0 Å². The van der Waals surface area contributed by atoms with E-state index in [1.165, 1.54) is 4.40 Å². The molecule has 4 aromatic rings. The van der Waals surface area contributed by atoms with Crippen molar-refractivity contribution in [1.29, 1.82) is 0 Å². The molecule has 0 bridgehead atoms. The van der Waals surface area contributed by atoms with Crippen LogP contribution in [0.25, 0.3) is 16.7 Å². The molecule has 1 aromatic carbocycles. The van der Waals surface area contributed by atoms with Gasteiger partial charge in [0.1, 0.15) is 10.9 Å². The monoisotopic (exact) mass is 402 g/mol. The molecule has 0 aliphatic heterocycles. The number of nitrogens with zero attached hydrogens (tertiary/aromatic N) is 3. The Balaban J connectivity index is 1.86. The van der Waals surface area contributed by atoms with Crippen LogP contribution in [0.5, 0.6) is 0 Å². The number of fused-ring (bicyclic) bond motifs is 2. The van der Waals surface area contributed by atoms with Gasteiger partial charge in [0.15, 0.2) is 0 Å². The van der Waals surface area contributed by atoms with E-state index in [9.17, 15) is 9.59 Å². The Morgan fingerprint density at radius 1 is 1.20 bits per heavy atom. The number of hydrogen-bond acceptors (Lipinski definition) is 4. The lowest BCUT2D eigenvalue weighted by atomic mass is 10.1. The normalized spacial score (nSPS) is 12.2. The highest BCUT2D eigenvalue weighted by molar-refractivity contribution is 6.00. The fraction of sp³-hybridized carbons (Fsp3) is 0.217. The van der Waals surface area contributed by atoms with Gasteiger partial charge in [-0.25, -0.2) is 4.57 Å². The maximum absolute atomic E-state index is 13.1. The molecule has 3 heterocycles. The van der Waals surface area contributed by atoms with Crippen LogP contribution >= 0.6 is 0 Å². The van der Waals surface area contributed by atoms with Crippen LogP contribution in [0.15, 0.2) is 65.6 Å². The zero-order chi connectivity index (χ0) is 21.3. The van der Waals surface area contributed by atoms with E-state index in [4.69, 9.17) is 5.73 Å². The van der Waals surface area contributed by atoms with Crippen LogP contribution in [0.3, 0.4) is 0 Å². The van der Waals surface area contributed by atoms with E-state index in [1.54, 1.807) is 29.0 Å². The van der Waals surface area contributed by atoms with Crippen molar-refractivity contribution in [3.05, 3.63) is 82.3 Å². The van der Waals surface area contributed by atoms with Crippen LogP contribution < -0.4 is 21.2 Å². The van der Waals surface area contributed by atoms with E-state index in [0.29, 0.717) is 29.0 Å². The molecule has 3 N–H and O–H groups in total. The van der Waals surface area contributed by atoms with Gasteiger partial charge in [0.05, 0.1) is 12.6 Å². The molecular formula is C23H24N5O2+. The average Bonchev–Trinajstić information content (AvgIpc) is 2.76. The van der Waals surface area contributed by atoms with E-state index < -0.39 is 0 Å². The molecule has 7 heteroatoms. The van der Waals surface area contributed by atoms with Crippen LogP contribution in [0.2, 0.25) is 0 Å². The first-order chi connectivity index (χ1) is 14.5. The minimum absolute atomic E-state index is 0.204. The lowest BCUT2D eigenvalue weighted by Gasteiger charge is -2.16. The van der Waals surface area contributed by atoms with Crippen LogP contribution in [-0.2, 0) is 6.54 Å². The van der Waals surface area contributed by atoms with E-state index in [1.807, 2.05) is 50.2 Å². The van der Waals surface area contributed by atoms with Gasteiger partial charge in [0.25, 0.3) is 17.1 Å². The van der Waals surface area contributed by atoms with Crippen LogP contribution in [0, 0.1) is 0 Å². The van der Waals surface area contributed by atoms with E-state index in [0.717, 1.165) is 12.0 Å². The van der Waals surface area contributed by atoms with Gasteiger partial charge in [0, 0.05) is 6.20 Å². The second-order valence-electron chi connectivity index (χ2n) is 7.28. The summed E-state index contributed by atoms with van der Waals surface area (Å²) in [6, 6.07) is 16.4. The second kappa shape index (κ2) is 7.94. The van der Waals surface area contributed by atoms with Gasteiger partial charge >= 0.3 is 0 Å². The highest BCUT2D eigenvalue weighted by Crippen LogP contribution is 2.17. The first-order valence-corrected chi connectivity index (χ1v) is 10.0. The highest BCUT2D eigenvalue weighted by Gasteiger charge is 2.24. The maximum atomic E-state index is 13.1. The standard InChI is InChI=1S/C23H23N5O2/c1-3-12-28-20(24)17(22(29)25-15(2)16-9-5-4-6-10-16)14-18-21(28)26-19-11-7-8-13-27(19)23(18)30/h4-11,13-15,24H,3,12H2,1-2H3,(H,25,29)/p+1/t15-/m1/s1. The smallest absolute Gasteiger partial charge is 0.278 e. The zero-order valence-electron chi connectivity index (χ0n) is 17.0. The Labute approximate surface area is 173 Å². The summed E-state index contributed by atoms with van der Waals surface area (Å²) in [4.78, 5) is 30.8. The number of hydrogen-bond donors (Lipinski definition) is 2. The number of pyridine rings is 2. The number of carbonyl (C=O) groups excluding carboxylic acids is 1. The van der Waals surface area contributed by atoms with E-state index in [-0.39, 0.29) is 23.1 Å². The molecule has 0 unspecified atom stereocenters. The number of aromatic nitrogens is 3. The summed E-state index contributed by atoms with van der Waals surface area (Å²) in [5.41, 5.74) is 8.45. The number of aryl methyl sites for hydroxylation is 1. The molecule has 0 aliphatic carbocycles. The van der Waals surface area contributed by atoms with Crippen LogP contribution in [0.4, 0.5) is 5.82 Å². The molecule has 7 nitrogen and oxygen atoms in total. The number of carbonyl (C=O) groups is 1. The van der Waals surface area contributed by atoms with Gasteiger partial charge in [0.2, 0.25) is 11.5 Å². The Hall–Kier alpha value is -3.74. The topological polar surface area (TPSA) is 93.4 Å². The molecule has 0 saturated heterocycles. The summed E-state index contributed by atoms with van der Waals surface area (Å²) in [5, 5.41) is 3.34. The summed E-state index contributed by atoms with van der Waals surface area (Å²) in [5.74, 6) is -0.0255. The van der Waals surface area contributed by atoms with Gasteiger partial charge in [-0.05, 0) is 37.1 Å². The molecule has 0 radical (unpaired) electrons. The zero-order valence-corrected chi connectivity index (χ0v) is 17.0.